The molecule has 0 saturated carbocycles. The fraction of sp³-hybridized carbons (Fsp3) is 0.464. The molecule has 0 aliphatic carbocycles. The summed E-state index contributed by atoms with van der Waals surface area (Å²) in [6.07, 6.45) is -1.84. The Balaban J connectivity index is 1.81. The number of carbonyl (C=O) groups excluding carboxylic acids is 3. The number of benzene rings is 2. The number of hydrogen-bond donors (Lipinski definition) is 2. The summed E-state index contributed by atoms with van der Waals surface area (Å²) in [5.41, 5.74) is 0.174. The van der Waals surface area contributed by atoms with Crippen LogP contribution in [0.1, 0.15) is 50.5 Å². The van der Waals surface area contributed by atoms with Crippen molar-refractivity contribution in [3.05, 3.63) is 64.7 Å². The van der Waals surface area contributed by atoms with E-state index < -0.39 is 24.0 Å². The molecule has 0 aliphatic rings. The van der Waals surface area contributed by atoms with Crippen LogP contribution in [0.5, 0.6) is 5.75 Å². The van der Waals surface area contributed by atoms with Crippen LogP contribution in [-0.4, -0.2) is 56.2 Å². The summed E-state index contributed by atoms with van der Waals surface area (Å²) in [5.74, 6) is -0.339. The first kappa shape index (κ1) is 30.9. The average molecular weight is 549 g/mol. The van der Waals surface area contributed by atoms with Crippen LogP contribution in [0.3, 0.4) is 0 Å². The minimum Gasteiger partial charge on any atom is -0.476 e. The van der Waals surface area contributed by atoms with Gasteiger partial charge < -0.3 is 29.6 Å². The predicted octanol–water partition coefficient (Wildman–Crippen LogP) is 4.76. The largest absolute Gasteiger partial charge is 0.511 e. The van der Waals surface area contributed by atoms with Crippen molar-refractivity contribution in [2.75, 3.05) is 20.1 Å². The first-order valence-electron chi connectivity index (χ1n) is 12.5. The summed E-state index contributed by atoms with van der Waals surface area (Å²) < 4.78 is 21.4. The number of hydrogen-bond acceptors (Lipinski definition) is 8. The third-order valence-electron chi connectivity index (χ3n) is 5.53. The molecule has 2 aromatic rings. The van der Waals surface area contributed by atoms with E-state index in [2.05, 4.69) is 10.6 Å². The maximum Gasteiger partial charge on any atom is 0.511 e. The topological polar surface area (TPSA) is 112 Å². The monoisotopic (exact) mass is 548 g/mol. The molecule has 2 N–H and O–H groups in total. The Morgan fingerprint density at radius 1 is 0.921 bits per heavy atom. The fourth-order valence-corrected chi connectivity index (χ4v) is 3.43. The fourth-order valence-electron chi connectivity index (χ4n) is 3.30. The second kappa shape index (κ2) is 14.6. The number of likely N-dealkylation sites (N-methyl/N-ethyl adjacent to an activating group) is 1. The predicted molar refractivity (Wildman–Crippen MR) is 144 cm³/mol. The van der Waals surface area contributed by atoms with Crippen LogP contribution in [0.4, 0.5) is 4.79 Å². The minimum atomic E-state index is -1.35. The van der Waals surface area contributed by atoms with Crippen LogP contribution in [0, 0.1) is 5.92 Å². The zero-order valence-corrected chi connectivity index (χ0v) is 23.5. The first-order chi connectivity index (χ1) is 17.9. The van der Waals surface area contributed by atoms with Crippen LogP contribution < -0.4 is 15.4 Å². The number of ether oxygens (including phenoxy) is 4. The Hall–Kier alpha value is -3.30. The lowest BCUT2D eigenvalue weighted by Gasteiger charge is -2.26. The summed E-state index contributed by atoms with van der Waals surface area (Å²) >= 11 is 5.85. The lowest BCUT2D eigenvalue weighted by molar-refractivity contribution is -0.184. The van der Waals surface area contributed by atoms with E-state index in [-0.39, 0.29) is 17.9 Å². The quantitative estimate of drug-likeness (QED) is 0.272. The molecule has 0 aliphatic heterocycles. The van der Waals surface area contributed by atoms with Gasteiger partial charge in [0.25, 0.3) is 5.91 Å². The highest BCUT2D eigenvalue weighted by Crippen LogP contribution is 2.21. The van der Waals surface area contributed by atoms with Crippen molar-refractivity contribution < 1.29 is 33.3 Å². The van der Waals surface area contributed by atoms with Gasteiger partial charge in [-0.15, -0.1) is 0 Å². The third kappa shape index (κ3) is 10.2. The van der Waals surface area contributed by atoms with Crippen LogP contribution in [0.2, 0.25) is 5.02 Å². The highest BCUT2D eigenvalue weighted by Gasteiger charge is 2.34. The lowest BCUT2D eigenvalue weighted by atomic mass is 10.1. The number of rotatable bonds is 13. The lowest BCUT2D eigenvalue weighted by Crippen LogP contribution is -2.42. The van der Waals surface area contributed by atoms with E-state index in [9.17, 15) is 14.4 Å². The van der Waals surface area contributed by atoms with E-state index in [4.69, 9.17) is 30.5 Å². The molecule has 0 fully saturated rings. The molecule has 38 heavy (non-hydrogen) atoms. The molecular weight excluding hydrogens is 512 g/mol. The van der Waals surface area contributed by atoms with Gasteiger partial charge in [0, 0.05) is 30.6 Å². The molecule has 0 aromatic heterocycles. The van der Waals surface area contributed by atoms with Gasteiger partial charge in [0.1, 0.15) is 11.9 Å². The molecule has 0 bridgehead atoms. The van der Waals surface area contributed by atoms with Gasteiger partial charge in [-0.25, -0.2) is 9.59 Å². The van der Waals surface area contributed by atoms with Crippen molar-refractivity contribution in [2.24, 2.45) is 5.92 Å². The van der Waals surface area contributed by atoms with E-state index in [0.29, 0.717) is 35.8 Å². The molecule has 2 unspecified atom stereocenters. The zero-order valence-electron chi connectivity index (χ0n) is 22.7. The van der Waals surface area contributed by atoms with Crippen LogP contribution in [0.25, 0.3) is 0 Å². The standard InChI is InChI=1S/C28H37ClN2O7/c1-18(2)24(17-30-6)37-27(34)36-19(3)35-26(33)28(4,5)38-23-13-7-20(8-14-23)15-16-31-25(32)21-9-11-22(29)12-10-21/h7-14,18-19,24,30H,15-17H2,1-6H3,(H,31,32). The molecule has 0 saturated heterocycles. The molecule has 2 rings (SSSR count). The maximum absolute atomic E-state index is 12.7. The SMILES string of the molecule is CNCC(OC(=O)OC(C)OC(=O)C(C)(C)Oc1ccc(CCNC(=O)c2ccc(Cl)cc2)cc1)C(C)C. The number of amides is 1. The van der Waals surface area contributed by atoms with Gasteiger partial charge in [-0.1, -0.05) is 37.6 Å². The summed E-state index contributed by atoms with van der Waals surface area (Å²) in [4.78, 5) is 36.9. The molecule has 9 nitrogen and oxygen atoms in total. The molecule has 1 amide bonds. The number of nitrogens with one attached hydrogen (secondary N) is 2. The van der Waals surface area contributed by atoms with Gasteiger partial charge in [0.2, 0.25) is 6.29 Å². The van der Waals surface area contributed by atoms with Gasteiger partial charge >= 0.3 is 12.1 Å². The average Bonchev–Trinajstić information content (AvgIpc) is 2.84. The van der Waals surface area contributed by atoms with Crippen molar-refractivity contribution in [2.45, 2.75) is 59.0 Å². The Bertz CT molecular complexity index is 1060. The van der Waals surface area contributed by atoms with Crippen molar-refractivity contribution in [3.8, 4) is 5.75 Å². The number of halogens is 1. The van der Waals surface area contributed by atoms with Gasteiger partial charge in [-0.3, -0.25) is 4.79 Å². The molecule has 2 atom stereocenters. The molecule has 10 heteroatoms. The van der Waals surface area contributed by atoms with E-state index in [0.717, 1.165) is 5.56 Å². The first-order valence-corrected chi connectivity index (χ1v) is 12.8. The molecule has 0 spiro atoms. The second-order valence-corrected chi connectivity index (χ2v) is 10.0. The van der Waals surface area contributed by atoms with E-state index in [1.165, 1.54) is 6.92 Å². The van der Waals surface area contributed by atoms with Crippen LogP contribution in [-0.2, 0) is 25.4 Å². The minimum absolute atomic E-state index is 0.0831. The number of carbonyl (C=O) groups is 3. The van der Waals surface area contributed by atoms with Gasteiger partial charge in [-0.05, 0) is 75.2 Å². The maximum atomic E-state index is 12.7. The normalized spacial score (nSPS) is 12.8. The highest BCUT2D eigenvalue weighted by molar-refractivity contribution is 6.30. The van der Waals surface area contributed by atoms with E-state index in [1.807, 2.05) is 26.0 Å². The van der Waals surface area contributed by atoms with Crippen molar-refractivity contribution in [3.63, 3.8) is 0 Å². The van der Waals surface area contributed by atoms with E-state index in [1.54, 1.807) is 57.3 Å². The van der Waals surface area contributed by atoms with Crippen LogP contribution >= 0.6 is 11.6 Å². The second-order valence-electron chi connectivity index (χ2n) is 9.57. The van der Waals surface area contributed by atoms with Crippen molar-refractivity contribution >= 4 is 29.6 Å². The Morgan fingerprint density at radius 2 is 1.55 bits per heavy atom. The molecule has 2 aromatic carbocycles. The highest BCUT2D eigenvalue weighted by atomic mass is 35.5. The molecule has 0 heterocycles. The molecular formula is C28H37ClN2O7. The van der Waals surface area contributed by atoms with Crippen molar-refractivity contribution in [1.82, 2.24) is 10.6 Å². The van der Waals surface area contributed by atoms with Crippen LogP contribution in [0.15, 0.2) is 48.5 Å². The summed E-state index contributed by atoms with van der Waals surface area (Å²) in [7, 11) is 1.76. The Morgan fingerprint density at radius 3 is 2.13 bits per heavy atom. The smallest absolute Gasteiger partial charge is 0.476 e. The molecule has 208 valence electrons. The summed E-state index contributed by atoms with van der Waals surface area (Å²) in [6, 6.07) is 13.8. The zero-order chi connectivity index (χ0) is 28.3. The summed E-state index contributed by atoms with van der Waals surface area (Å²) in [6.45, 7) is 9.31. The van der Waals surface area contributed by atoms with E-state index >= 15 is 0 Å². The van der Waals surface area contributed by atoms with Crippen molar-refractivity contribution in [1.29, 1.82) is 0 Å². The Labute approximate surface area is 229 Å². The van der Waals surface area contributed by atoms with Gasteiger partial charge in [-0.2, -0.15) is 0 Å². The number of esters is 1. The third-order valence-corrected chi connectivity index (χ3v) is 5.78. The summed E-state index contributed by atoms with van der Waals surface area (Å²) in [5, 5.41) is 6.39. The van der Waals surface area contributed by atoms with Gasteiger partial charge in [0.15, 0.2) is 5.60 Å². The Kier molecular flexibility index (Phi) is 11.9. The molecule has 0 radical (unpaired) electrons. The van der Waals surface area contributed by atoms with Gasteiger partial charge in [0.05, 0.1) is 0 Å².